The lowest BCUT2D eigenvalue weighted by molar-refractivity contribution is -0.140. The van der Waals surface area contributed by atoms with Gasteiger partial charge < -0.3 is 19.3 Å². The molecule has 2 saturated heterocycles. The van der Waals surface area contributed by atoms with Crippen molar-refractivity contribution < 1.29 is 19.1 Å². The minimum absolute atomic E-state index is 0.00627. The van der Waals surface area contributed by atoms with Gasteiger partial charge >= 0.3 is 0 Å². The molecule has 0 saturated carbocycles. The molecule has 2 aliphatic rings. The van der Waals surface area contributed by atoms with Gasteiger partial charge in [0.05, 0.1) is 20.3 Å². The van der Waals surface area contributed by atoms with Crippen LogP contribution in [0.5, 0.6) is 11.5 Å². The number of carbonyl (C=O) groups is 2. The molecule has 2 amide bonds. The third-order valence-electron chi connectivity index (χ3n) is 6.71. The van der Waals surface area contributed by atoms with Gasteiger partial charge in [-0.15, -0.1) is 0 Å². The Hall–Kier alpha value is -3.28. The van der Waals surface area contributed by atoms with E-state index in [1.54, 1.807) is 20.3 Å². The molecule has 1 atom stereocenters. The van der Waals surface area contributed by atoms with Gasteiger partial charge in [-0.1, -0.05) is 30.3 Å². The Morgan fingerprint density at radius 1 is 0.939 bits per heavy atom. The van der Waals surface area contributed by atoms with Crippen molar-refractivity contribution in [1.82, 2.24) is 9.80 Å². The molecule has 1 unspecified atom stereocenters. The number of nitrogens with zero attached hydrogens (tertiary/aromatic N) is 2. The van der Waals surface area contributed by atoms with Gasteiger partial charge in [0.25, 0.3) is 0 Å². The number of amides is 2. The van der Waals surface area contributed by atoms with Crippen LogP contribution in [0, 0.1) is 5.92 Å². The molecule has 4 rings (SSSR count). The summed E-state index contributed by atoms with van der Waals surface area (Å²) < 4.78 is 10.9. The standard InChI is InChI=1S/C27H32N2O4/c1-32-22-11-12-23(25(19-22)33-2)24-9-6-16-29(24)27(31)21-14-17-28(18-15-21)26(30)13-10-20-7-4-3-5-8-20/h3-5,7-8,10-13,19,21,24H,6,9,14-18H2,1-2H3/b13-10+. The molecule has 33 heavy (non-hydrogen) atoms. The van der Waals surface area contributed by atoms with Gasteiger partial charge in [0, 0.05) is 43.3 Å². The van der Waals surface area contributed by atoms with E-state index in [4.69, 9.17) is 9.47 Å². The van der Waals surface area contributed by atoms with Crippen molar-refractivity contribution in [3.63, 3.8) is 0 Å². The number of hydrogen-bond donors (Lipinski definition) is 0. The fourth-order valence-corrected chi connectivity index (χ4v) is 4.87. The van der Waals surface area contributed by atoms with E-state index in [2.05, 4.69) is 0 Å². The Balaban J connectivity index is 1.37. The van der Waals surface area contributed by atoms with Crippen LogP contribution in [0.25, 0.3) is 6.08 Å². The predicted molar refractivity (Wildman–Crippen MR) is 128 cm³/mol. The molecule has 2 heterocycles. The van der Waals surface area contributed by atoms with Crippen LogP contribution in [0.3, 0.4) is 0 Å². The van der Waals surface area contributed by atoms with Crippen LogP contribution in [-0.4, -0.2) is 55.5 Å². The molecule has 0 radical (unpaired) electrons. The van der Waals surface area contributed by atoms with E-state index in [1.165, 1.54) is 0 Å². The number of benzene rings is 2. The van der Waals surface area contributed by atoms with E-state index in [-0.39, 0.29) is 23.8 Å². The summed E-state index contributed by atoms with van der Waals surface area (Å²) in [4.78, 5) is 29.9. The van der Waals surface area contributed by atoms with E-state index >= 15 is 0 Å². The van der Waals surface area contributed by atoms with Gasteiger partial charge in [-0.25, -0.2) is 0 Å². The second kappa shape index (κ2) is 10.6. The summed E-state index contributed by atoms with van der Waals surface area (Å²) in [5.74, 6) is 1.65. The predicted octanol–water partition coefficient (Wildman–Crippen LogP) is 4.32. The first-order valence-electron chi connectivity index (χ1n) is 11.6. The van der Waals surface area contributed by atoms with Crippen molar-refractivity contribution in [2.75, 3.05) is 33.9 Å². The summed E-state index contributed by atoms with van der Waals surface area (Å²) in [7, 11) is 3.28. The van der Waals surface area contributed by atoms with Gasteiger partial charge in [0.2, 0.25) is 11.8 Å². The number of piperidine rings is 1. The summed E-state index contributed by atoms with van der Waals surface area (Å²) in [6.45, 7) is 1.98. The third-order valence-corrected chi connectivity index (χ3v) is 6.71. The third kappa shape index (κ3) is 5.21. The summed E-state index contributed by atoms with van der Waals surface area (Å²) in [5.41, 5.74) is 2.03. The molecule has 0 aromatic heterocycles. The molecule has 2 aromatic carbocycles. The van der Waals surface area contributed by atoms with Gasteiger partial charge in [0.1, 0.15) is 11.5 Å². The number of ether oxygens (including phenoxy) is 2. The summed E-state index contributed by atoms with van der Waals surface area (Å²) in [5, 5.41) is 0. The highest BCUT2D eigenvalue weighted by Gasteiger charge is 2.37. The van der Waals surface area contributed by atoms with Crippen molar-refractivity contribution in [2.45, 2.75) is 31.7 Å². The second-order valence-corrected chi connectivity index (χ2v) is 8.64. The first-order valence-corrected chi connectivity index (χ1v) is 11.6. The molecule has 2 aliphatic heterocycles. The minimum atomic E-state index is -0.0444. The lowest BCUT2D eigenvalue weighted by Gasteiger charge is -2.35. The van der Waals surface area contributed by atoms with E-state index in [1.807, 2.05) is 64.4 Å². The van der Waals surface area contributed by atoms with E-state index in [0.29, 0.717) is 25.9 Å². The Morgan fingerprint density at radius 2 is 1.70 bits per heavy atom. The lowest BCUT2D eigenvalue weighted by Crippen LogP contribution is -2.43. The zero-order valence-corrected chi connectivity index (χ0v) is 19.4. The Labute approximate surface area is 195 Å². The van der Waals surface area contributed by atoms with Gasteiger partial charge in [-0.2, -0.15) is 0 Å². The Morgan fingerprint density at radius 3 is 2.39 bits per heavy atom. The van der Waals surface area contributed by atoms with E-state index in [0.717, 1.165) is 42.0 Å². The number of rotatable bonds is 6. The molecule has 6 heteroatoms. The number of methoxy groups -OCH3 is 2. The average Bonchev–Trinajstić information content (AvgIpc) is 3.36. The molecule has 6 nitrogen and oxygen atoms in total. The van der Waals surface area contributed by atoms with Crippen LogP contribution >= 0.6 is 0 Å². The molecular weight excluding hydrogens is 416 g/mol. The number of carbonyl (C=O) groups excluding carboxylic acids is 2. The van der Waals surface area contributed by atoms with Crippen LogP contribution in [-0.2, 0) is 9.59 Å². The normalized spacial score (nSPS) is 19.2. The van der Waals surface area contributed by atoms with Crippen molar-refractivity contribution in [1.29, 1.82) is 0 Å². The summed E-state index contributed by atoms with van der Waals surface area (Å²) >= 11 is 0. The summed E-state index contributed by atoms with van der Waals surface area (Å²) in [6, 6.07) is 15.6. The molecule has 0 aliphatic carbocycles. The van der Waals surface area contributed by atoms with Crippen LogP contribution in [0.4, 0.5) is 0 Å². The van der Waals surface area contributed by atoms with Crippen molar-refractivity contribution in [3.05, 3.63) is 65.7 Å². The quantitative estimate of drug-likeness (QED) is 0.618. The minimum Gasteiger partial charge on any atom is -0.497 e. The largest absolute Gasteiger partial charge is 0.497 e. The van der Waals surface area contributed by atoms with E-state index < -0.39 is 0 Å². The van der Waals surface area contributed by atoms with Crippen LogP contribution in [0.15, 0.2) is 54.6 Å². The van der Waals surface area contributed by atoms with Gasteiger partial charge in [0.15, 0.2) is 0 Å². The van der Waals surface area contributed by atoms with Crippen molar-refractivity contribution in [3.8, 4) is 11.5 Å². The molecule has 2 fully saturated rings. The second-order valence-electron chi connectivity index (χ2n) is 8.64. The molecule has 174 valence electrons. The maximum absolute atomic E-state index is 13.4. The molecule has 0 spiro atoms. The number of likely N-dealkylation sites (tertiary alicyclic amines) is 2. The average molecular weight is 449 g/mol. The molecule has 2 aromatic rings. The summed E-state index contributed by atoms with van der Waals surface area (Å²) in [6.07, 6.45) is 6.78. The highest BCUT2D eigenvalue weighted by molar-refractivity contribution is 5.92. The first kappa shape index (κ1) is 22.9. The number of hydrogen-bond acceptors (Lipinski definition) is 4. The smallest absolute Gasteiger partial charge is 0.246 e. The molecule has 0 N–H and O–H groups in total. The molecule has 0 bridgehead atoms. The van der Waals surface area contributed by atoms with Gasteiger partial charge in [-0.3, -0.25) is 9.59 Å². The highest BCUT2D eigenvalue weighted by atomic mass is 16.5. The maximum Gasteiger partial charge on any atom is 0.246 e. The fraction of sp³-hybridized carbons (Fsp3) is 0.407. The Bertz CT molecular complexity index is 996. The van der Waals surface area contributed by atoms with Crippen LogP contribution < -0.4 is 9.47 Å². The maximum atomic E-state index is 13.4. The molecular formula is C27H32N2O4. The van der Waals surface area contributed by atoms with Crippen LogP contribution in [0.1, 0.15) is 42.9 Å². The zero-order chi connectivity index (χ0) is 23.2. The first-order chi connectivity index (χ1) is 16.1. The van der Waals surface area contributed by atoms with Gasteiger partial charge in [-0.05, 0) is 49.5 Å². The van der Waals surface area contributed by atoms with Crippen molar-refractivity contribution >= 4 is 17.9 Å². The Kier molecular flexibility index (Phi) is 7.33. The monoisotopic (exact) mass is 448 g/mol. The lowest BCUT2D eigenvalue weighted by atomic mass is 9.94. The highest BCUT2D eigenvalue weighted by Crippen LogP contribution is 2.40. The fourth-order valence-electron chi connectivity index (χ4n) is 4.87. The topological polar surface area (TPSA) is 59.1 Å². The zero-order valence-electron chi connectivity index (χ0n) is 19.4. The van der Waals surface area contributed by atoms with Crippen molar-refractivity contribution in [2.24, 2.45) is 5.92 Å². The SMILES string of the molecule is COc1ccc(C2CCCN2C(=O)C2CCN(C(=O)/C=C/c3ccccc3)CC2)c(OC)c1. The van der Waals surface area contributed by atoms with Crippen LogP contribution in [0.2, 0.25) is 0 Å². The van der Waals surface area contributed by atoms with E-state index in [9.17, 15) is 9.59 Å².